The van der Waals surface area contributed by atoms with Crippen molar-refractivity contribution in [3.05, 3.63) is 28.8 Å². The van der Waals surface area contributed by atoms with Crippen LogP contribution >= 0.6 is 11.6 Å². The first kappa shape index (κ1) is 8.91. The molecule has 13 heavy (non-hydrogen) atoms. The molecular formula is C9H9ClFNO. The van der Waals surface area contributed by atoms with Gasteiger partial charge in [0.2, 0.25) is 5.95 Å². The van der Waals surface area contributed by atoms with E-state index < -0.39 is 11.5 Å². The van der Waals surface area contributed by atoms with Gasteiger partial charge in [0.1, 0.15) is 0 Å². The van der Waals surface area contributed by atoms with Gasteiger partial charge in [-0.15, -0.1) is 0 Å². The predicted octanol–water partition coefficient (Wildman–Crippen LogP) is 2.25. The summed E-state index contributed by atoms with van der Waals surface area (Å²) in [5, 5.41) is 9.85. The van der Waals surface area contributed by atoms with Crippen LogP contribution in [0.4, 0.5) is 4.39 Å². The Labute approximate surface area is 80.4 Å². The quantitative estimate of drug-likeness (QED) is 0.707. The molecule has 1 fully saturated rings. The van der Waals surface area contributed by atoms with Crippen molar-refractivity contribution < 1.29 is 9.50 Å². The molecule has 0 bridgehead atoms. The summed E-state index contributed by atoms with van der Waals surface area (Å²) in [6, 6.07) is 1.45. The van der Waals surface area contributed by atoms with Crippen LogP contribution in [0.15, 0.2) is 12.3 Å². The molecule has 1 aliphatic carbocycles. The number of rotatable bonds is 1. The first-order chi connectivity index (χ1) is 6.12. The van der Waals surface area contributed by atoms with Gasteiger partial charge in [-0.1, -0.05) is 11.6 Å². The lowest BCUT2D eigenvalue weighted by atomic mass is 9.76. The van der Waals surface area contributed by atoms with Gasteiger partial charge in [0, 0.05) is 11.8 Å². The summed E-state index contributed by atoms with van der Waals surface area (Å²) in [7, 11) is 0. The van der Waals surface area contributed by atoms with Crippen LogP contribution in [0.25, 0.3) is 0 Å². The van der Waals surface area contributed by atoms with E-state index in [0.29, 0.717) is 18.4 Å². The van der Waals surface area contributed by atoms with Gasteiger partial charge in [-0.2, -0.15) is 4.39 Å². The highest BCUT2D eigenvalue weighted by molar-refractivity contribution is 6.30. The van der Waals surface area contributed by atoms with E-state index in [2.05, 4.69) is 4.98 Å². The molecule has 0 aromatic carbocycles. The van der Waals surface area contributed by atoms with Crippen LogP contribution in [0.1, 0.15) is 24.8 Å². The van der Waals surface area contributed by atoms with Crippen LogP contribution in [-0.2, 0) is 5.60 Å². The second-order valence-corrected chi connectivity index (χ2v) is 3.79. The van der Waals surface area contributed by atoms with E-state index in [4.69, 9.17) is 11.6 Å². The third-order valence-corrected chi connectivity index (χ3v) is 2.78. The van der Waals surface area contributed by atoms with Gasteiger partial charge in [0.25, 0.3) is 0 Å². The van der Waals surface area contributed by atoms with Crippen molar-refractivity contribution in [3.8, 4) is 0 Å². The van der Waals surface area contributed by atoms with Crippen LogP contribution in [-0.4, -0.2) is 10.1 Å². The molecule has 1 saturated carbocycles. The molecule has 0 aliphatic heterocycles. The molecule has 0 saturated heterocycles. The molecule has 2 nitrogen and oxygen atoms in total. The van der Waals surface area contributed by atoms with E-state index >= 15 is 0 Å². The van der Waals surface area contributed by atoms with E-state index in [1.807, 2.05) is 0 Å². The maximum absolute atomic E-state index is 12.7. The minimum absolute atomic E-state index is 0.0298. The standard InChI is InChI=1S/C9H9ClFNO/c10-7-4-6(5-12-8(7)11)9(13)2-1-3-9/h4-5,13H,1-3H2. The highest BCUT2D eigenvalue weighted by Gasteiger charge is 2.36. The van der Waals surface area contributed by atoms with Crippen molar-refractivity contribution in [2.24, 2.45) is 0 Å². The lowest BCUT2D eigenvalue weighted by Crippen LogP contribution is -2.33. The molecule has 2 rings (SSSR count). The fraction of sp³-hybridized carbons (Fsp3) is 0.444. The molecule has 0 spiro atoms. The summed E-state index contributed by atoms with van der Waals surface area (Å²) >= 11 is 5.55. The SMILES string of the molecule is OC1(c2cnc(F)c(Cl)c2)CCC1. The largest absolute Gasteiger partial charge is 0.385 e. The fourth-order valence-corrected chi connectivity index (χ4v) is 1.64. The number of hydrogen-bond donors (Lipinski definition) is 1. The number of nitrogens with zero attached hydrogens (tertiary/aromatic N) is 1. The van der Waals surface area contributed by atoms with Gasteiger partial charge in [-0.05, 0) is 25.3 Å². The fourth-order valence-electron chi connectivity index (χ4n) is 1.48. The number of hydrogen-bond acceptors (Lipinski definition) is 2. The van der Waals surface area contributed by atoms with Crippen molar-refractivity contribution in [2.45, 2.75) is 24.9 Å². The van der Waals surface area contributed by atoms with Crippen molar-refractivity contribution >= 4 is 11.6 Å². The highest BCUT2D eigenvalue weighted by Crippen LogP contribution is 2.41. The third-order valence-electron chi connectivity index (χ3n) is 2.51. The van der Waals surface area contributed by atoms with Crippen molar-refractivity contribution in [3.63, 3.8) is 0 Å². The molecule has 0 atom stereocenters. The number of aliphatic hydroxyl groups is 1. The zero-order valence-corrected chi connectivity index (χ0v) is 7.68. The minimum atomic E-state index is -0.815. The Morgan fingerprint density at radius 1 is 1.54 bits per heavy atom. The van der Waals surface area contributed by atoms with Crippen molar-refractivity contribution in [1.82, 2.24) is 4.98 Å². The Bertz CT molecular complexity index is 338. The third kappa shape index (κ3) is 1.42. The van der Waals surface area contributed by atoms with Crippen molar-refractivity contribution in [2.75, 3.05) is 0 Å². The number of aromatic nitrogens is 1. The average Bonchev–Trinajstić information content (AvgIpc) is 2.06. The molecule has 1 N–H and O–H groups in total. The summed E-state index contributed by atoms with van der Waals surface area (Å²) in [5.41, 5.74) is -0.199. The minimum Gasteiger partial charge on any atom is -0.385 e. The van der Waals surface area contributed by atoms with E-state index in [9.17, 15) is 9.50 Å². The number of pyridine rings is 1. The van der Waals surface area contributed by atoms with E-state index in [1.165, 1.54) is 12.3 Å². The normalized spacial score (nSPS) is 19.6. The Hall–Kier alpha value is -0.670. The monoisotopic (exact) mass is 201 g/mol. The van der Waals surface area contributed by atoms with Crippen LogP contribution in [0.5, 0.6) is 0 Å². The summed E-state index contributed by atoms with van der Waals surface area (Å²) in [6.45, 7) is 0. The van der Waals surface area contributed by atoms with Gasteiger partial charge < -0.3 is 5.11 Å². The second-order valence-electron chi connectivity index (χ2n) is 3.38. The lowest BCUT2D eigenvalue weighted by Gasteiger charge is -2.36. The zero-order chi connectivity index (χ0) is 9.47. The zero-order valence-electron chi connectivity index (χ0n) is 6.93. The molecule has 1 aromatic rings. The highest BCUT2D eigenvalue weighted by atomic mass is 35.5. The van der Waals surface area contributed by atoms with Gasteiger partial charge in [0.15, 0.2) is 0 Å². The molecule has 1 aliphatic rings. The van der Waals surface area contributed by atoms with Crippen LogP contribution in [0.3, 0.4) is 0 Å². The number of halogens is 2. The van der Waals surface area contributed by atoms with E-state index in [1.54, 1.807) is 0 Å². The van der Waals surface area contributed by atoms with Gasteiger partial charge in [-0.25, -0.2) is 4.98 Å². The lowest BCUT2D eigenvalue weighted by molar-refractivity contribution is -0.0391. The molecule has 1 heterocycles. The Morgan fingerprint density at radius 3 is 2.69 bits per heavy atom. The maximum atomic E-state index is 12.7. The van der Waals surface area contributed by atoms with E-state index in [-0.39, 0.29) is 5.02 Å². The first-order valence-corrected chi connectivity index (χ1v) is 4.53. The van der Waals surface area contributed by atoms with E-state index in [0.717, 1.165) is 6.42 Å². The Kier molecular flexibility index (Phi) is 2.00. The summed E-state index contributed by atoms with van der Waals surface area (Å²) < 4.78 is 12.7. The molecule has 1 aromatic heterocycles. The van der Waals surface area contributed by atoms with Crippen LogP contribution in [0, 0.1) is 5.95 Å². The summed E-state index contributed by atoms with van der Waals surface area (Å²) in [5.74, 6) is -0.687. The first-order valence-electron chi connectivity index (χ1n) is 4.16. The smallest absolute Gasteiger partial charge is 0.231 e. The molecule has 0 unspecified atom stereocenters. The van der Waals surface area contributed by atoms with Gasteiger partial charge in [-0.3, -0.25) is 0 Å². The topological polar surface area (TPSA) is 33.1 Å². The maximum Gasteiger partial charge on any atom is 0.231 e. The Morgan fingerprint density at radius 2 is 2.23 bits per heavy atom. The molecule has 0 radical (unpaired) electrons. The van der Waals surface area contributed by atoms with Gasteiger partial charge in [0.05, 0.1) is 10.6 Å². The van der Waals surface area contributed by atoms with Crippen LogP contribution in [0.2, 0.25) is 5.02 Å². The van der Waals surface area contributed by atoms with Crippen molar-refractivity contribution in [1.29, 1.82) is 0 Å². The predicted molar refractivity (Wildman–Crippen MR) is 47.0 cm³/mol. The molecular weight excluding hydrogens is 193 g/mol. The summed E-state index contributed by atoms with van der Waals surface area (Å²) in [4.78, 5) is 3.47. The second kappa shape index (κ2) is 2.93. The summed E-state index contributed by atoms with van der Waals surface area (Å²) in [6.07, 6.45) is 3.75. The van der Waals surface area contributed by atoms with Crippen LogP contribution < -0.4 is 0 Å². The van der Waals surface area contributed by atoms with Gasteiger partial charge >= 0.3 is 0 Å². The Balaban J connectivity index is 2.36. The average molecular weight is 202 g/mol. The molecule has 70 valence electrons. The molecule has 0 amide bonds. The molecule has 4 heteroatoms.